The average molecular weight is 328 g/mol. The zero-order chi connectivity index (χ0) is 15.8. The highest BCUT2D eigenvalue weighted by Gasteiger charge is 2.34. The SMILES string of the molecule is Cn1cnnc1C1CCN(C(=O)[C@H]2Cc3ccccc3S2)CC1. The fraction of sp³-hybridized carbons (Fsp3) is 0.471. The Labute approximate surface area is 140 Å². The van der Waals surface area contributed by atoms with Crippen molar-refractivity contribution in [3.05, 3.63) is 42.0 Å². The van der Waals surface area contributed by atoms with E-state index in [1.54, 1.807) is 18.1 Å². The van der Waals surface area contributed by atoms with E-state index in [2.05, 4.69) is 28.4 Å². The van der Waals surface area contributed by atoms with Crippen LogP contribution in [0.15, 0.2) is 35.5 Å². The fourth-order valence-electron chi connectivity index (χ4n) is 3.54. The lowest BCUT2D eigenvalue weighted by atomic mass is 9.95. The molecule has 1 amide bonds. The third-order valence-corrected chi connectivity index (χ3v) is 6.15. The molecule has 1 saturated heterocycles. The van der Waals surface area contributed by atoms with Gasteiger partial charge in [0.2, 0.25) is 5.91 Å². The van der Waals surface area contributed by atoms with Crippen molar-refractivity contribution in [3.8, 4) is 0 Å². The molecular formula is C17H20N4OS. The first-order valence-corrected chi connectivity index (χ1v) is 8.97. The van der Waals surface area contributed by atoms with E-state index in [9.17, 15) is 4.79 Å². The summed E-state index contributed by atoms with van der Waals surface area (Å²) in [5.41, 5.74) is 1.31. The number of likely N-dealkylation sites (tertiary alicyclic amines) is 1. The first kappa shape index (κ1) is 14.8. The zero-order valence-corrected chi connectivity index (χ0v) is 14.0. The zero-order valence-electron chi connectivity index (χ0n) is 13.2. The van der Waals surface area contributed by atoms with Crippen molar-refractivity contribution in [2.75, 3.05) is 13.1 Å². The molecular weight excluding hydrogens is 308 g/mol. The van der Waals surface area contributed by atoms with E-state index >= 15 is 0 Å². The molecule has 0 bridgehead atoms. The Bertz CT molecular complexity index is 696. The van der Waals surface area contributed by atoms with Crippen molar-refractivity contribution in [2.45, 2.75) is 35.3 Å². The van der Waals surface area contributed by atoms with Gasteiger partial charge >= 0.3 is 0 Å². The van der Waals surface area contributed by atoms with E-state index in [-0.39, 0.29) is 5.25 Å². The van der Waals surface area contributed by atoms with Crippen LogP contribution in [0.25, 0.3) is 0 Å². The number of thioether (sulfide) groups is 1. The van der Waals surface area contributed by atoms with E-state index in [1.807, 2.05) is 22.6 Å². The third kappa shape index (κ3) is 2.76. The maximum atomic E-state index is 12.8. The van der Waals surface area contributed by atoms with E-state index in [0.717, 1.165) is 38.2 Å². The number of carbonyl (C=O) groups is 1. The minimum atomic E-state index is 0.0544. The monoisotopic (exact) mass is 328 g/mol. The van der Waals surface area contributed by atoms with E-state index in [1.165, 1.54) is 10.5 Å². The summed E-state index contributed by atoms with van der Waals surface area (Å²) in [4.78, 5) is 16.1. The van der Waals surface area contributed by atoms with Crippen LogP contribution in [-0.4, -0.2) is 43.9 Å². The van der Waals surface area contributed by atoms with Crippen LogP contribution in [0.2, 0.25) is 0 Å². The number of hydrogen-bond donors (Lipinski definition) is 0. The number of benzene rings is 1. The largest absolute Gasteiger partial charge is 0.342 e. The maximum Gasteiger partial charge on any atom is 0.236 e. The lowest BCUT2D eigenvalue weighted by molar-refractivity contribution is -0.131. The van der Waals surface area contributed by atoms with Crippen LogP contribution < -0.4 is 0 Å². The molecule has 1 aromatic heterocycles. The van der Waals surface area contributed by atoms with Gasteiger partial charge in [-0.25, -0.2) is 0 Å². The van der Waals surface area contributed by atoms with Crippen LogP contribution in [-0.2, 0) is 18.3 Å². The summed E-state index contributed by atoms with van der Waals surface area (Å²) >= 11 is 1.72. The maximum absolute atomic E-state index is 12.8. The van der Waals surface area contributed by atoms with Gasteiger partial charge in [-0.1, -0.05) is 18.2 Å². The van der Waals surface area contributed by atoms with Gasteiger partial charge in [0.1, 0.15) is 12.2 Å². The quantitative estimate of drug-likeness (QED) is 0.848. The van der Waals surface area contributed by atoms with Crippen LogP contribution in [0.3, 0.4) is 0 Å². The Morgan fingerprint density at radius 1 is 1.26 bits per heavy atom. The molecule has 1 aromatic carbocycles. The Hall–Kier alpha value is -1.82. The van der Waals surface area contributed by atoms with Crippen molar-refractivity contribution in [2.24, 2.45) is 7.05 Å². The second-order valence-corrected chi connectivity index (χ2v) is 7.56. The normalized spacial score (nSPS) is 21.4. The number of carbonyl (C=O) groups excluding carboxylic acids is 1. The van der Waals surface area contributed by atoms with Crippen LogP contribution >= 0.6 is 11.8 Å². The molecule has 2 aromatic rings. The molecule has 4 rings (SSSR count). The first-order valence-electron chi connectivity index (χ1n) is 8.09. The first-order chi connectivity index (χ1) is 11.2. The smallest absolute Gasteiger partial charge is 0.236 e. The molecule has 0 aliphatic carbocycles. The van der Waals surface area contributed by atoms with Gasteiger partial charge in [0, 0.05) is 31.0 Å². The number of aryl methyl sites for hydroxylation is 1. The number of nitrogens with zero attached hydrogens (tertiary/aromatic N) is 4. The topological polar surface area (TPSA) is 51.0 Å². The molecule has 0 unspecified atom stereocenters. The number of amides is 1. The number of aromatic nitrogens is 3. The van der Waals surface area contributed by atoms with Gasteiger partial charge in [-0.05, 0) is 30.9 Å². The summed E-state index contributed by atoms with van der Waals surface area (Å²) in [5.74, 6) is 1.75. The molecule has 6 heteroatoms. The number of rotatable bonds is 2. The molecule has 0 N–H and O–H groups in total. The van der Waals surface area contributed by atoms with E-state index in [4.69, 9.17) is 0 Å². The van der Waals surface area contributed by atoms with E-state index < -0.39 is 0 Å². The Kier molecular flexibility index (Phi) is 3.85. The molecule has 2 aliphatic heterocycles. The van der Waals surface area contributed by atoms with Gasteiger partial charge in [-0.15, -0.1) is 22.0 Å². The highest BCUT2D eigenvalue weighted by atomic mass is 32.2. The van der Waals surface area contributed by atoms with Crippen molar-refractivity contribution in [1.29, 1.82) is 0 Å². The predicted octanol–water partition coefficient (Wildman–Crippen LogP) is 2.24. The standard InChI is InChI=1S/C17H20N4OS/c1-20-11-18-19-16(20)12-6-8-21(9-7-12)17(22)15-10-13-4-2-3-5-14(13)23-15/h2-5,11-12,15H,6-10H2,1H3/t15-/m1/s1. The van der Waals surface area contributed by atoms with E-state index in [0.29, 0.717) is 11.8 Å². The highest BCUT2D eigenvalue weighted by Crippen LogP contribution is 2.38. The van der Waals surface area contributed by atoms with Gasteiger partial charge in [-0.2, -0.15) is 0 Å². The molecule has 3 heterocycles. The van der Waals surface area contributed by atoms with Crippen LogP contribution in [0.1, 0.15) is 30.1 Å². The second kappa shape index (κ2) is 6.00. The third-order valence-electron chi connectivity index (χ3n) is 4.84. The highest BCUT2D eigenvalue weighted by molar-refractivity contribution is 8.01. The van der Waals surface area contributed by atoms with Crippen LogP contribution in [0, 0.1) is 0 Å². The average Bonchev–Trinajstić information content (AvgIpc) is 3.20. The number of hydrogen-bond acceptors (Lipinski definition) is 4. The molecule has 1 fully saturated rings. The molecule has 2 aliphatic rings. The van der Waals surface area contributed by atoms with Gasteiger partial charge in [-0.3, -0.25) is 4.79 Å². The Morgan fingerprint density at radius 3 is 2.74 bits per heavy atom. The Balaban J connectivity index is 1.38. The second-order valence-electron chi connectivity index (χ2n) is 6.32. The molecule has 23 heavy (non-hydrogen) atoms. The lowest BCUT2D eigenvalue weighted by Gasteiger charge is -2.32. The lowest BCUT2D eigenvalue weighted by Crippen LogP contribution is -2.42. The van der Waals surface area contributed by atoms with Crippen molar-refractivity contribution in [1.82, 2.24) is 19.7 Å². The molecule has 1 atom stereocenters. The minimum absolute atomic E-state index is 0.0544. The van der Waals surface area contributed by atoms with Gasteiger partial charge in [0.25, 0.3) is 0 Å². The molecule has 0 saturated carbocycles. The summed E-state index contributed by atoms with van der Waals surface area (Å²) in [6.07, 6.45) is 4.56. The summed E-state index contributed by atoms with van der Waals surface area (Å²) in [7, 11) is 1.99. The summed E-state index contributed by atoms with van der Waals surface area (Å²) in [6, 6.07) is 8.35. The molecule has 120 valence electrons. The number of piperidine rings is 1. The molecule has 5 nitrogen and oxygen atoms in total. The number of fused-ring (bicyclic) bond motifs is 1. The minimum Gasteiger partial charge on any atom is -0.342 e. The van der Waals surface area contributed by atoms with Crippen LogP contribution in [0.5, 0.6) is 0 Å². The summed E-state index contributed by atoms with van der Waals surface area (Å²) < 4.78 is 1.99. The van der Waals surface area contributed by atoms with Gasteiger partial charge < -0.3 is 9.47 Å². The van der Waals surface area contributed by atoms with Crippen molar-refractivity contribution >= 4 is 17.7 Å². The van der Waals surface area contributed by atoms with Crippen molar-refractivity contribution in [3.63, 3.8) is 0 Å². The van der Waals surface area contributed by atoms with Gasteiger partial charge in [0.15, 0.2) is 0 Å². The molecule has 0 radical (unpaired) electrons. The molecule has 0 spiro atoms. The predicted molar refractivity (Wildman–Crippen MR) is 89.3 cm³/mol. The van der Waals surface area contributed by atoms with Crippen LogP contribution in [0.4, 0.5) is 0 Å². The summed E-state index contributed by atoms with van der Waals surface area (Å²) in [5, 5.41) is 8.24. The summed E-state index contributed by atoms with van der Waals surface area (Å²) in [6.45, 7) is 1.65. The Morgan fingerprint density at radius 2 is 2.04 bits per heavy atom. The fourth-order valence-corrected chi connectivity index (χ4v) is 4.82. The van der Waals surface area contributed by atoms with Crippen molar-refractivity contribution < 1.29 is 4.79 Å². The van der Waals surface area contributed by atoms with Gasteiger partial charge in [0.05, 0.1) is 5.25 Å².